The number of anilines is 1. The van der Waals surface area contributed by atoms with E-state index < -0.39 is 0 Å². The molecule has 1 fully saturated rings. The van der Waals surface area contributed by atoms with Gasteiger partial charge in [-0.25, -0.2) is 0 Å². The van der Waals surface area contributed by atoms with Crippen molar-refractivity contribution in [2.75, 3.05) is 57.9 Å². The molecule has 0 radical (unpaired) electrons. The van der Waals surface area contributed by atoms with Gasteiger partial charge in [-0.05, 0) is 24.1 Å². The third-order valence-electron chi connectivity index (χ3n) is 5.53. The maximum absolute atomic E-state index is 6.11. The Balaban J connectivity index is 1.34. The highest BCUT2D eigenvalue weighted by Gasteiger charge is 2.22. The largest absolute Gasteiger partial charge is 0.492 e. The van der Waals surface area contributed by atoms with E-state index in [0.717, 1.165) is 63.1 Å². The lowest BCUT2D eigenvalue weighted by Gasteiger charge is -2.26. The molecule has 0 bridgehead atoms. The summed E-state index contributed by atoms with van der Waals surface area (Å²) >= 11 is 0. The third kappa shape index (κ3) is 4.89. The van der Waals surface area contributed by atoms with Crippen molar-refractivity contribution in [3.63, 3.8) is 0 Å². The number of hydrogen-bond acceptors (Lipinski definition) is 4. The van der Waals surface area contributed by atoms with E-state index in [2.05, 4.69) is 56.5 Å². The molecule has 0 atom stereocenters. The Hall–Kier alpha value is -2.57. The summed E-state index contributed by atoms with van der Waals surface area (Å²) in [5.41, 5.74) is 3.76. The Labute approximate surface area is 173 Å². The fourth-order valence-electron chi connectivity index (χ4n) is 3.93. The van der Waals surface area contributed by atoms with Crippen LogP contribution in [0.3, 0.4) is 0 Å². The van der Waals surface area contributed by atoms with Gasteiger partial charge in [0, 0.05) is 51.0 Å². The SMILES string of the molecule is CN=C(NCc1ccccc1OCCN1CCOCC1)N1CCc2ccccc21. The molecule has 0 spiro atoms. The smallest absolute Gasteiger partial charge is 0.198 e. The average molecular weight is 395 g/mol. The molecular formula is C23H30N4O2. The maximum Gasteiger partial charge on any atom is 0.198 e. The van der Waals surface area contributed by atoms with Crippen molar-refractivity contribution in [2.24, 2.45) is 4.99 Å². The molecule has 1 N–H and O–H groups in total. The topological polar surface area (TPSA) is 49.3 Å². The Morgan fingerprint density at radius 2 is 1.86 bits per heavy atom. The van der Waals surface area contributed by atoms with Gasteiger partial charge >= 0.3 is 0 Å². The van der Waals surface area contributed by atoms with Gasteiger partial charge in [-0.3, -0.25) is 9.89 Å². The van der Waals surface area contributed by atoms with Crippen molar-refractivity contribution in [1.82, 2.24) is 10.2 Å². The lowest BCUT2D eigenvalue weighted by Crippen LogP contribution is -2.40. The van der Waals surface area contributed by atoms with Gasteiger partial charge in [-0.2, -0.15) is 0 Å². The molecule has 4 rings (SSSR count). The van der Waals surface area contributed by atoms with Crippen LogP contribution in [-0.2, 0) is 17.7 Å². The highest BCUT2D eigenvalue weighted by Crippen LogP contribution is 2.27. The molecule has 0 aromatic heterocycles. The first-order chi connectivity index (χ1) is 14.3. The molecule has 1 saturated heterocycles. The molecule has 2 heterocycles. The Morgan fingerprint density at radius 1 is 1.07 bits per heavy atom. The van der Waals surface area contributed by atoms with Gasteiger partial charge in [0.15, 0.2) is 5.96 Å². The van der Waals surface area contributed by atoms with Crippen molar-refractivity contribution in [3.8, 4) is 5.75 Å². The summed E-state index contributed by atoms with van der Waals surface area (Å²) in [6.07, 6.45) is 1.05. The molecule has 29 heavy (non-hydrogen) atoms. The molecule has 2 aromatic rings. The highest BCUT2D eigenvalue weighted by atomic mass is 16.5. The van der Waals surface area contributed by atoms with Gasteiger partial charge in [0.2, 0.25) is 0 Å². The number of nitrogens with zero attached hydrogens (tertiary/aromatic N) is 3. The van der Waals surface area contributed by atoms with E-state index in [0.29, 0.717) is 13.2 Å². The van der Waals surface area contributed by atoms with Crippen LogP contribution in [0.25, 0.3) is 0 Å². The number of para-hydroxylation sites is 2. The fourth-order valence-corrected chi connectivity index (χ4v) is 3.93. The number of nitrogens with one attached hydrogen (secondary N) is 1. The number of hydrogen-bond donors (Lipinski definition) is 1. The van der Waals surface area contributed by atoms with Gasteiger partial charge in [0.1, 0.15) is 12.4 Å². The van der Waals surface area contributed by atoms with Gasteiger partial charge in [-0.1, -0.05) is 36.4 Å². The van der Waals surface area contributed by atoms with Crippen LogP contribution < -0.4 is 15.0 Å². The first-order valence-electron chi connectivity index (χ1n) is 10.4. The molecule has 0 aliphatic carbocycles. The summed E-state index contributed by atoms with van der Waals surface area (Å²) in [6.45, 7) is 6.86. The van der Waals surface area contributed by atoms with Gasteiger partial charge in [0.25, 0.3) is 0 Å². The summed E-state index contributed by atoms with van der Waals surface area (Å²) in [7, 11) is 1.84. The van der Waals surface area contributed by atoms with E-state index in [9.17, 15) is 0 Å². The maximum atomic E-state index is 6.11. The zero-order chi connectivity index (χ0) is 19.9. The van der Waals surface area contributed by atoms with E-state index in [1.165, 1.54) is 11.3 Å². The Kier molecular flexibility index (Phi) is 6.64. The molecular weight excluding hydrogens is 364 g/mol. The van der Waals surface area contributed by atoms with Gasteiger partial charge in [0.05, 0.1) is 13.2 Å². The first kappa shape index (κ1) is 19.7. The second-order valence-electron chi connectivity index (χ2n) is 7.34. The van der Waals surface area contributed by atoms with Crippen molar-refractivity contribution >= 4 is 11.6 Å². The normalized spacial score (nSPS) is 17.3. The van der Waals surface area contributed by atoms with Crippen LogP contribution in [-0.4, -0.2) is 63.9 Å². The molecule has 6 nitrogen and oxygen atoms in total. The predicted molar refractivity (Wildman–Crippen MR) is 117 cm³/mol. The third-order valence-corrected chi connectivity index (χ3v) is 5.53. The first-order valence-corrected chi connectivity index (χ1v) is 10.4. The highest BCUT2D eigenvalue weighted by molar-refractivity contribution is 5.97. The van der Waals surface area contributed by atoms with Crippen LogP contribution in [0.4, 0.5) is 5.69 Å². The van der Waals surface area contributed by atoms with Crippen LogP contribution in [0.1, 0.15) is 11.1 Å². The van der Waals surface area contributed by atoms with E-state index in [-0.39, 0.29) is 0 Å². The zero-order valence-corrected chi connectivity index (χ0v) is 17.1. The minimum Gasteiger partial charge on any atom is -0.492 e. The minimum absolute atomic E-state index is 0.680. The monoisotopic (exact) mass is 394 g/mol. The number of ether oxygens (including phenoxy) is 2. The van der Waals surface area contributed by atoms with E-state index in [1.807, 2.05) is 19.2 Å². The molecule has 6 heteroatoms. The predicted octanol–water partition coefficient (Wildman–Crippen LogP) is 2.54. The summed E-state index contributed by atoms with van der Waals surface area (Å²) in [4.78, 5) is 9.16. The average Bonchev–Trinajstić information content (AvgIpc) is 3.20. The summed E-state index contributed by atoms with van der Waals surface area (Å²) < 4.78 is 11.5. The molecule has 0 unspecified atom stereocenters. The van der Waals surface area contributed by atoms with E-state index in [4.69, 9.17) is 9.47 Å². The number of aliphatic imine (C=N–C) groups is 1. The van der Waals surface area contributed by atoms with Crippen LogP contribution in [0, 0.1) is 0 Å². The molecule has 2 aliphatic heterocycles. The second kappa shape index (κ2) is 9.76. The van der Waals surface area contributed by atoms with E-state index in [1.54, 1.807) is 0 Å². The number of rotatable bonds is 6. The van der Waals surface area contributed by atoms with Crippen molar-refractivity contribution in [3.05, 3.63) is 59.7 Å². The quantitative estimate of drug-likeness (QED) is 0.603. The Morgan fingerprint density at radius 3 is 2.72 bits per heavy atom. The zero-order valence-electron chi connectivity index (χ0n) is 17.1. The molecule has 2 aromatic carbocycles. The van der Waals surface area contributed by atoms with E-state index >= 15 is 0 Å². The van der Waals surface area contributed by atoms with Crippen molar-refractivity contribution in [2.45, 2.75) is 13.0 Å². The lowest BCUT2D eigenvalue weighted by atomic mass is 10.2. The summed E-state index contributed by atoms with van der Waals surface area (Å²) in [5.74, 6) is 1.84. The van der Waals surface area contributed by atoms with Crippen LogP contribution >= 0.6 is 0 Å². The second-order valence-corrected chi connectivity index (χ2v) is 7.34. The standard InChI is InChI=1S/C23H30N4O2/c1-24-23(27-11-10-19-6-2-4-8-21(19)27)25-18-20-7-3-5-9-22(20)29-17-14-26-12-15-28-16-13-26/h2-9H,10-18H2,1H3,(H,24,25). The number of guanidine groups is 1. The lowest BCUT2D eigenvalue weighted by molar-refractivity contribution is 0.0322. The number of benzene rings is 2. The van der Waals surface area contributed by atoms with Gasteiger partial charge in [-0.15, -0.1) is 0 Å². The van der Waals surface area contributed by atoms with Crippen LogP contribution in [0.2, 0.25) is 0 Å². The Bertz CT molecular complexity index is 833. The molecule has 0 amide bonds. The van der Waals surface area contributed by atoms with Crippen molar-refractivity contribution in [1.29, 1.82) is 0 Å². The van der Waals surface area contributed by atoms with Gasteiger partial charge < -0.3 is 19.7 Å². The molecule has 154 valence electrons. The fraction of sp³-hybridized carbons (Fsp3) is 0.435. The van der Waals surface area contributed by atoms with Crippen LogP contribution in [0.5, 0.6) is 5.75 Å². The number of fused-ring (bicyclic) bond motifs is 1. The van der Waals surface area contributed by atoms with Crippen molar-refractivity contribution < 1.29 is 9.47 Å². The number of morpholine rings is 1. The molecule has 2 aliphatic rings. The van der Waals surface area contributed by atoms with Crippen LogP contribution in [0.15, 0.2) is 53.5 Å². The summed E-state index contributed by atoms with van der Waals surface area (Å²) in [6, 6.07) is 16.8. The summed E-state index contributed by atoms with van der Waals surface area (Å²) in [5, 5.41) is 3.52. The molecule has 0 saturated carbocycles. The minimum atomic E-state index is 0.680.